The van der Waals surface area contributed by atoms with Gasteiger partial charge >= 0.3 is 0 Å². The highest BCUT2D eigenvalue weighted by Gasteiger charge is 2.28. The van der Waals surface area contributed by atoms with Crippen LogP contribution in [0.5, 0.6) is 0 Å². The van der Waals surface area contributed by atoms with Crippen LogP contribution in [0.15, 0.2) is 35.9 Å². The molecule has 152 valence electrons. The molecule has 2 aliphatic rings. The van der Waals surface area contributed by atoms with E-state index in [1.807, 2.05) is 0 Å². The van der Waals surface area contributed by atoms with E-state index in [1.165, 1.54) is 94.6 Å². The normalized spacial score (nSPS) is 24.9. The fourth-order valence-electron chi connectivity index (χ4n) is 5.22. The molecule has 0 nitrogen and oxygen atoms in total. The lowest BCUT2D eigenvalue weighted by atomic mass is 9.70. The summed E-state index contributed by atoms with van der Waals surface area (Å²) in [6, 6.07) is 8.83. The second-order valence-corrected chi connectivity index (χ2v) is 9.24. The largest absolute Gasteiger partial charge is 0.0726 e. The van der Waals surface area contributed by atoms with Crippen molar-refractivity contribution in [3.8, 4) is 11.8 Å². The maximum Gasteiger partial charge on any atom is 0.0249 e. The summed E-state index contributed by atoms with van der Waals surface area (Å²) < 4.78 is 0. The van der Waals surface area contributed by atoms with Crippen LogP contribution in [0.25, 0.3) is 0 Å². The number of aryl methyl sites for hydroxylation is 1. The third-order valence-corrected chi connectivity index (χ3v) is 7.09. The van der Waals surface area contributed by atoms with Crippen LogP contribution in [-0.4, -0.2) is 0 Å². The van der Waals surface area contributed by atoms with Crippen LogP contribution in [-0.2, 0) is 6.42 Å². The Labute approximate surface area is 174 Å². The molecular weight excluding hydrogens is 336 g/mol. The molecule has 28 heavy (non-hydrogen) atoms. The van der Waals surface area contributed by atoms with Gasteiger partial charge in [0.05, 0.1) is 0 Å². The number of allylic oxidation sites excluding steroid dienone is 2. The zero-order valence-corrected chi connectivity index (χ0v) is 18.3. The molecule has 1 saturated carbocycles. The molecule has 0 bridgehead atoms. The Morgan fingerprint density at radius 2 is 1.61 bits per heavy atom. The van der Waals surface area contributed by atoms with Crippen molar-refractivity contribution < 1.29 is 0 Å². The maximum atomic E-state index is 3.46. The molecule has 0 radical (unpaired) electrons. The average Bonchev–Trinajstić information content (AvgIpc) is 2.75. The van der Waals surface area contributed by atoms with Crippen LogP contribution < -0.4 is 0 Å². The lowest BCUT2D eigenvalue weighted by Crippen LogP contribution is -2.23. The standard InChI is InChI=1S/C28H40/c1-3-5-6-8-24-15-19-27(20-16-24)28-21-17-26(18-22-28)14-13-25-11-9-23(7-4-2)10-12-25/h9-12,17,24,27-28H,3-8,15-16,18-22H2,1-2H3. The molecule has 1 atom stereocenters. The second-order valence-electron chi connectivity index (χ2n) is 9.24. The first kappa shape index (κ1) is 21.2. The molecule has 0 N–H and O–H groups in total. The topological polar surface area (TPSA) is 0 Å². The van der Waals surface area contributed by atoms with E-state index in [4.69, 9.17) is 0 Å². The summed E-state index contributed by atoms with van der Waals surface area (Å²) in [5, 5.41) is 0. The molecule has 0 aliphatic heterocycles. The highest BCUT2D eigenvalue weighted by Crippen LogP contribution is 2.40. The van der Waals surface area contributed by atoms with Gasteiger partial charge in [-0.25, -0.2) is 0 Å². The maximum absolute atomic E-state index is 3.46. The Morgan fingerprint density at radius 1 is 0.821 bits per heavy atom. The minimum Gasteiger partial charge on any atom is -0.0726 e. The van der Waals surface area contributed by atoms with Gasteiger partial charge in [-0.05, 0) is 79.5 Å². The summed E-state index contributed by atoms with van der Waals surface area (Å²) in [5.74, 6) is 9.80. The zero-order chi connectivity index (χ0) is 19.6. The smallest absolute Gasteiger partial charge is 0.0249 e. The Kier molecular flexibility index (Phi) is 8.72. The SMILES string of the molecule is CCCCCC1CCC(C2CC=C(C#Cc3ccc(CCC)cc3)CC2)CC1. The second kappa shape index (κ2) is 11.5. The van der Waals surface area contributed by atoms with E-state index >= 15 is 0 Å². The van der Waals surface area contributed by atoms with Crippen LogP contribution in [0.3, 0.4) is 0 Å². The Balaban J connectivity index is 1.44. The van der Waals surface area contributed by atoms with Crippen molar-refractivity contribution in [2.24, 2.45) is 17.8 Å². The van der Waals surface area contributed by atoms with Crippen molar-refractivity contribution in [1.82, 2.24) is 0 Å². The molecule has 2 aliphatic carbocycles. The number of unbranched alkanes of at least 4 members (excludes halogenated alkanes) is 2. The van der Waals surface area contributed by atoms with E-state index in [2.05, 4.69) is 56.0 Å². The predicted molar refractivity (Wildman–Crippen MR) is 122 cm³/mol. The van der Waals surface area contributed by atoms with Gasteiger partial charge in [-0.1, -0.05) is 88.8 Å². The first-order valence-corrected chi connectivity index (χ1v) is 12.1. The van der Waals surface area contributed by atoms with Crippen LogP contribution in [0, 0.1) is 29.6 Å². The first-order chi connectivity index (χ1) is 13.8. The van der Waals surface area contributed by atoms with E-state index in [-0.39, 0.29) is 0 Å². The molecule has 0 amide bonds. The average molecular weight is 377 g/mol. The monoisotopic (exact) mass is 376 g/mol. The molecule has 3 rings (SSSR count). The summed E-state index contributed by atoms with van der Waals surface area (Å²) in [6.07, 6.45) is 20.4. The van der Waals surface area contributed by atoms with E-state index in [1.54, 1.807) is 0 Å². The highest BCUT2D eigenvalue weighted by atomic mass is 14.3. The van der Waals surface area contributed by atoms with Gasteiger partial charge in [0.15, 0.2) is 0 Å². The number of hydrogen-bond acceptors (Lipinski definition) is 0. The van der Waals surface area contributed by atoms with Crippen molar-refractivity contribution in [2.75, 3.05) is 0 Å². The summed E-state index contributed by atoms with van der Waals surface area (Å²) >= 11 is 0. The summed E-state index contributed by atoms with van der Waals surface area (Å²) in [5.41, 5.74) is 3.96. The van der Waals surface area contributed by atoms with Gasteiger partial charge in [0.1, 0.15) is 0 Å². The van der Waals surface area contributed by atoms with Gasteiger partial charge < -0.3 is 0 Å². The van der Waals surface area contributed by atoms with Gasteiger partial charge in [0.2, 0.25) is 0 Å². The fourth-order valence-corrected chi connectivity index (χ4v) is 5.22. The molecule has 0 heteroatoms. The van der Waals surface area contributed by atoms with E-state index in [0.717, 1.165) is 23.3 Å². The summed E-state index contributed by atoms with van der Waals surface area (Å²) in [7, 11) is 0. The highest BCUT2D eigenvalue weighted by molar-refractivity contribution is 5.42. The molecule has 1 fully saturated rings. The Bertz CT molecular complexity index is 658. The van der Waals surface area contributed by atoms with Crippen LogP contribution in [0.1, 0.15) is 102 Å². The van der Waals surface area contributed by atoms with Gasteiger partial charge in [0.25, 0.3) is 0 Å². The first-order valence-electron chi connectivity index (χ1n) is 12.1. The van der Waals surface area contributed by atoms with Crippen LogP contribution in [0.2, 0.25) is 0 Å². The van der Waals surface area contributed by atoms with Crippen molar-refractivity contribution in [1.29, 1.82) is 0 Å². The van der Waals surface area contributed by atoms with E-state index in [0.29, 0.717) is 0 Å². The third kappa shape index (κ3) is 6.55. The number of rotatable bonds is 7. The Hall–Kier alpha value is -1.48. The minimum atomic E-state index is 0.926. The molecule has 1 aromatic rings. The molecular formula is C28H40. The third-order valence-electron chi connectivity index (χ3n) is 7.09. The summed E-state index contributed by atoms with van der Waals surface area (Å²) in [6.45, 7) is 4.55. The molecule has 1 aromatic carbocycles. The van der Waals surface area contributed by atoms with Gasteiger partial charge in [0, 0.05) is 5.56 Å². The molecule has 0 aromatic heterocycles. The van der Waals surface area contributed by atoms with Crippen molar-refractivity contribution in [3.05, 3.63) is 47.0 Å². The Morgan fingerprint density at radius 3 is 2.25 bits per heavy atom. The van der Waals surface area contributed by atoms with E-state index in [9.17, 15) is 0 Å². The molecule has 0 heterocycles. The van der Waals surface area contributed by atoms with Gasteiger partial charge in [-0.15, -0.1) is 0 Å². The van der Waals surface area contributed by atoms with Gasteiger partial charge in [-0.2, -0.15) is 0 Å². The quantitative estimate of drug-likeness (QED) is 0.333. The lowest BCUT2D eigenvalue weighted by Gasteiger charge is -2.35. The fraction of sp³-hybridized carbons (Fsp3) is 0.643. The number of hydrogen-bond donors (Lipinski definition) is 0. The van der Waals surface area contributed by atoms with Crippen molar-refractivity contribution >= 4 is 0 Å². The predicted octanol–water partition coefficient (Wildman–Crippen LogP) is 8.10. The van der Waals surface area contributed by atoms with E-state index < -0.39 is 0 Å². The van der Waals surface area contributed by atoms with Crippen molar-refractivity contribution in [2.45, 2.75) is 97.3 Å². The molecule has 1 unspecified atom stereocenters. The van der Waals surface area contributed by atoms with Crippen LogP contribution >= 0.6 is 0 Å². The van der Waals surface area contributed by atoms with Crippen LogP contribution in [0.4, 0.5) is 0 Å². The van der Waals surface area contributed by atoms with Gasteiger partial charge in [-0.3, -0.25) is 0 Å². The molecule has 0 saturated heterocycles. The summed E-state index contributed by atoms with van der Waals surface area (Å²) in [4.78, 5) is 0. The zero-order valence-electron chi connectivity index (χ0n) is 18.3. The molecule has 0 spiro atoms. The van der Waals surface area contributed by atoms with Crippen molar-refractivity contribution in [3.63, 3.8) is 0 Å². The minimum absolute atomic E-state index is 0.926. The lowest BCUT2D eigenvalue weighted by molar-refractivity contribution is 0.186. The number of benzene rings is 1.